The Balaban J connectivity index is 2.24. The Morgan fingerprint density at radius 1 is 1.54 bits per heavy atom. The minimum atomic E-state index is 0.735. The van der Waals surface area contributed by atoms with Gasteiger partial charge in [-0.2, -0.15) is 0 Å². The number of hydrogen-bond donors (Lipinski definition) is 1. The van der Waals surface area contributed by atoms with Gasteiger partial charge in [0.05, 0.1) is 6.61 Å². The summed E-state index contributed by atoms with van der Waals surface area (Å²) in [4.78, 5) is 2.47. The topological polar surface area (TPSA) is 38.5 Å². The SMILES string of the molecule is COCCN1CCC(CN)C(C)C1. The molecule has 0 radical (unpaired) electrons. The summed E-state index contributed by atoms with van der Waals surface area (Å²) < 4.78 is 5.07. The first kappa shape index (κ1) is 11.0. The van der Waals surface area contributed by atoms with E-state index in [1.807, 2.05) is 0 Å². The van der Waals surface area contributed by atoms with Gasteiger partial charge in [-0.05, 0) is 31.3 Å². The Hall–Kier alpha value is -0.120. The number of nitrogens with two attached hydrogens (primary N) is 1. The summed E-state index contributed by atoms with van der Waals surface area (Å²) in [6.07, 6.45) is 1.25. The molecule has 2 N–H and O–H groups in total. The molecule has 0 amide bonds. The van der Waals surface area contributed by atoms with Crippen molar-refractivity contribution in [1.29, 1.82) is 0 Å². The third kappa shape index (κ3) is 3.25. The lowest BCUT2D eigenvalue weighted by Gasteiger charge is -2.36. The van der Waals surface area contributed by atoms with Crippen molar-refractivity contribution in [3.05, 3.63) is 0 Å². The van der Waals surface area contributed by atoms with Gasteiger partial charge in [-0.1, -0.05) is 6.92 Å². The summed E-state index contributed by atoms with van der Waals surface area (Å²) >= 11 is 0. The van der Waals surface area contributed by atoms with Gasteiger partial charge in [-0.15, -0.1) is 0 Å². The van der Waals surface area contributed by atoms with Gasteiger partial charge in [-0.3, -0.25) is 0 Å². The van der Waals surface area contributed by atoms with E-state index in [2.05, 4.69) is 11.8 Å². The van der Waals surface area contributed by atoms with E-state index in [-0.39, 0.29) is 0 Å². The number of ether oxygens (including phenoxy) is 1. The van der Waals surface area contributed by atoms with Gasteiger partial charge >= 0.3 is 0 Å². The van der Waals surface area contributed by atoms with Crippen molar-refractivity contribution in [1.82, 2.24) is 4.90 Å². The summed E-state index contributed by atoms with van der Waals surface area (Å²) in [5.41, 5.74) is 5.70. The highest BCUT2D eigenvalue weighted by molar-refractivity contribution is 4.78. The molecule has 1 aliphatic heterocycles. The fourth-order valence-corrected chi connectivity index (χ4v) is 2.05. The molecule has 1 saturated heterocycles. The van der Waals surface area contributed by atoms with E-state index in [1.165, 1.54) is 19.5 Å². The summed E-state index contributed by atoms with van der Waals surface area (Å²) in [6.45, 7) is 7.44. The largest absolute Gasteiger partial charge is 0.383 e. The van der Waals surface area contributed by atoms with Crippen LogP contribution >= 0.6 is 0 Å². The molecule has 1 aliphatic rings. The molecule has 0 bridgehead atoms. The van der Waals surface area contributed by atoms with E-state index in [1.54, 1.807) is 7.11 Å². The van der Waals surface area contributed by atoms with Crippen molar-refractivity contribution in [3.8, 4) is 0 Å². The fourth-order valence-electron chi connectivity index (χ4n) is 2.05. The molecule has 0 saturated carbocycles. The minimum absolute atomic E-state index is 0.735. The lowest BCUT2D eigenvalue weighted by Crippen LogP contribution is -2.42. The average molecular weight is 186 g/mol. The first-order chi connectivity index (χ1) is 6.27. The fraction of sp³-hybridized carbons (Fsp3) is 1.00. The molecule has 3 heteroatoms. The number of hydrogen-bond acceptors (Lipinski definition) is 3. The molecule has 1 heterocycles. The number of nitrogens with zero attached hydrogens (tertiary/aromatic N) is 1. The zero-order valence-electron chi connectivity index (χ0n) is 8.83. The highest BCUT2D eigenvalue weighted by Gasteiger charge is 2.24. The first-order valence-electron chi connectivity index (χ1n) is 5.19. The smallest absolute Gasteiger partial charge is 0.0589 e. The Kier molecular flexibility index (Phi) is 4.70. The average Bonchev–Trinajstić information content (AvgIpc) is 2.15. The molecule has 0 aromatic heterocycles. The Morgan fingerprint density at radius 3 is 2.85 bits per heavy atom. The predicted molar refractivity (Wildman–Crippen MR) is 54.6 cm³/mol. The van der Waals surface area contributed by atoms with Crippen LogP contribution in [0.5, 0.6) is 0 Å². The van der Waals surface area contributed by atoms with Gasteiger partial charge < -0.3 is 15.4 Å². The molecule has 1 rings (SSSR count). The maximum Gasteiger partial charge on any atom is 0.0589 e. The maximum atomic E-state index is 5.70. The van der Waals surface area contributed by atoms with Crippen molar-refractivity contribution in [2.75, 3.05) is 39.9 Å². The molecule has 0 spiro atoms. The Bertz CT molecular complexity index is 141. The molecule has 1 fully saturated rings. The van der Waals surface area contributed by atoms with Crippen molar-refractivity contribution < 1.29 is 4.74 Å². The van der Waals surface area contributed by atoms with Gasteiger partial charge in [0.25, 0.3) is 0 Å². The summed E-state index contributed by atoms with van der Waals surface area (Å²) in [7, 11) is 1.76. The first-order valence-corrected chi connectivity index (χ1v) is 5.19. The molecule has 0 aliphatic carbocycles. The molecule has 2 unspecified atom stereocenters. The van der Waals surface area contributed by atoms with Crippen LogP contribution in [-0.2, 0) is 4.74 Å². The second kappa shape index (κ2) is 5.58. The quantitative estimate of drug-likeness (QED) is 0.697. The lowest BCUT2D eigenvalue weighted by molar-refractivity contribution is 0.0939. The highest BCUT2D eigenvalue weighted by atomic mass is 16.5. The van der Waals surface area contributed by atoms with Gasteiger partial charge in [0.2, 0.25) is 0 Å². The van der Waals surface area contributed by atoms with Crippen LogP contribution in [0.2, 0.25) is 0 Å². The number of likely N-dealkylation sites (tertiary alicyclic amines) is 1. The van der Waals surface area contributed by atoms with Crippen molar-refractivity contribution in [3.63, 3.8) is 0 Å². The maximum absolute atomic E-state index is 5.70. The number of rotatable bonds is 4. The van der Waals surface area contributed by atoms with Crippen LogP contribution in [0.3, 0.4) is 0 Å². The van der Waals surface area contributed by atoms with E-state index < -0.39 is 0 Å². The van der Waals surface area contributed by atoms with Crippen molar-refractivity contribution >= 4 is 0 Å². The zero-order valence-corrected chi connectivity index (χ0v) is 8.83. The standard InChI is InChI=1S/C10H22N2O/c1-9-8-12(5-6-13-2)4-3-10(9)7-11/h9-10H,3-8,11H2,1-2H3. The Morgan fingerprint density at radius 2 is 2.31 bits per heavy atom. The van der Waals surface area contributed by atoms with E-state index in [4.69, 9.17) is 10.5 Å². The summed E-state index contributed by atoms with van der Waals surface area (Å²) in [5.74, 6) is 1.48. The number of piperidine rings is 1. The molecular weight excluding hydrogens is 164 g/mol. The third-order valence-corrected chi connectivity index (χ3v) is 3.08. The van der Waals surface area contributed by atoms with E-state index in [0.29, 0.717) is 0 Å². The lowest BCUT2D eigenvalue weighted by atomic mass is 9.87. The van der Waals surface area contributed by atoms with Crippen LogP contribution < -0.4 is 5.73 Å². The van der Waals surface area contributed by atoms with E-state index >= 15 is 0 Å². The van der Waals surface area contributed by atoms with Gasteiger partial charge in [-0.25, -0.2) is 0 Å². The molecule has 2 atom stereocenters. The van der Waals surface area contributed by atoms with Gasteiger partial charge in [0.1, 0.15) is 0 Å². The van der Waals surface area contributed by atoms with Crippen LogP contribution in [0, 0.1) is 11.8 Å². The summed E-state index contributed by atoms with van der Waals surface area (Å²) in [6, 6.07) is 0. The minimum Gasteiger partial charge on any atom is -0.383 e. The second-order valence-electron chi connectivity index (χ2n) is 4.06. The monoisotopic (exact) mass is 186 g/mol. The van der Waals surface area contributed by atoms with Crippen LogP contribution in [0.1, 0.15) is 13.3 Å². The number of methoxy groups -OCH3 is 1. The van der Waals surface area contributed by atoms with Crippen molar-refractivity contribution in [2.24, 2.45) is 17.6 Å². The van der Waals surface area contributed by atoms with Crippen LogP contribution in [-0.4, -0.2) is 44.8 Å². The molecule has 0 aromatic rings. The second-order valence-corrected chi connectivity index (χ2v) is 4.06. The summed E-state index contributed by atoms with van der Waals surface area (Å²) in [5, 5.41) is 0. The van der Waals surface area contributed by atoms with Crippen LogP contribution in [0.4, 0.5) is 0 Å². The van der Waals surface area contributed by atoms with E-state index in [9.17, 15) is 0 Å². The van der Waals surface area contributed by atoms with Gasteiger partial charge in [0.15, 0.2) is 0 Å². The molecule has 78 valence electrons. The predicted octanol–water partition coefficient (Wildman–Crippen LogP) is 0.550. The zero-order chi connectivity index (χ0) is 9.68. The highest BCUT2D eigenvalue weighted by Crippen LogP contribution is 2.21. The molecule has 3 nitrogen and oxygen atoms in total. The molecule has 13 heavy (non-hydrogen) atoms. The van der Waals surface area contributed by atoms with Crippen molar-refractivity contribution in [2.45, 2.75) is 13.3 Å². The third-order valence-electron chi connectivity index (χ3n) is 3.08. The van der Waals surface area contributed by atoms with Crippen LogP contribution in [0.15, 0.2) is 0 Å². The van der Waals surface area contributed by atoms with E-state index in [0.717, 1.165) is 31.5 Å². The Labute approximate surface area is 81.2 Å². The normalized spacial score (nSPS) is 30.7. The molecule has 0 aromatic carbocycles. The van der Waals surface area contributed by atoms with Gasteiger partial charge in [0, 0.05) is 20.2 Å². The molecular formula is C10H22N2O. The van der Waals surface area contributed by atoms with Crippen LogP contribution in [0.25, 0.3) is 0 Å².